The average molecular weight is 1300 g/mol. The minimum absolute atomic E-state index is 0.0247. The lowest BCUT2D eigenvalue weighted by Crippen LogP contribution is -2.61. The van der Waals surface area contributed by atoms with E-state index in [9.17, 15) is 0 Å². The monoisotopic (exact) mass is 1300 g/mol. The molecule has 0 fully saturated rings. The Hall–Kier alpha value is -10.7. The fourth-order valence-corrected chi connectivity index (χ4v) is 15.9. The van der Waals surface area contributed by atoms with E-state index in [4.69, 9.17) is 8.22 Å². The van der Waals surface area contributed by atoms with E-state index in [-0.39, 0.29) is 38.4 Å². The summed E-state index contributed by atoms with van der Waals surface area (Å²) in [6.07, 6.45) is 0. The molecule has 0 bridgehead atoms. The SMILES string of the molecule is [2H]C([2H])([2H])c1cccc(C([2H])([2H])[2H])c1-c1ccc2c(c1)N(c1c(-c3ccccc3)cccc1-c1ccccc1)c1cc(-c3ccc(C(C)(C)C)cc3C(C)(C)C)cc3c1B2c1ccc(-n2c4ccc(C(C)(C)C)cc4c4cc(C(C)(C)C)ccc42)cc1N3c1c(-c2ccccc2)cccc1-c1ccccc1. The number of anilines is 6. The van der Waals surface area contributed by atoms with Gasteiger partial charge in [0.15, 0.2) is 0 Å². The third-order valence-corrected chi connectivity index (χ3v) is 21.0. The molecule has 0 amide bonds. The maximum Gasteiger partial charge on any atom is 0.252 e. The number of fused-ring (bicyclic) bond motifs is 7. The van der Waals surface area contributed by atoms with Crippen LogP contribution in [-0.4, -0.2) is 11.3 Å². The van der Waals surface area contributed by atoms with Gasteiger partial charge in [-0.3, -0.25) is 0 Å². The Morgan fingerprint density at radius 3 is 1.11 bits per heavy atom. The van der Waals surface area contributed by atoms with Gasteiger partial charge >= 0.3 is 0 Å². The Bertz CT molecular complexity index is 5570. The van der Waals surface area contributed by atoms with Crippen molar-refractivity contribution in [3.8, 4) is 72.4 Å². The highest BCUT2D eigenvalue weighted by Gasteiger charge is 2.46. The van der Waals surface area contributed by atoms with Gasteiger partial charge < -0.3 is 14.4 Å². The second kappa shape index (κ2) is 24.1. The molecule has 2 aliphatic heterocycles. The zero-order valence-corrected chi connectivity index (χ0v) is 59.5. The van der Waals surface area contributed by atoms with Crippen LogP contribution in [0.3, 0.4) is 0 Å². The van der Waals surface area contributed by atoms with Crippen LogP contribution in [0.1, 0.15) is 125 Å². The maximum atomic E-state index is 9.15. The van der Waals surface area contributed by atoms with Gasteiger partial charge in [-0.15, -0.1) is 0 Å². The lowest BCUT2D eigenvalue weighted by Gasteiger charge is -2.46. The van der Waals surface area contributed by atoms with Gasteiger partial charge in [-0.05, 0) is 184 Å². The maximum absolute atomic E-state index is 9.15. The second-order valence-electron chi connectivity index (χ2n) is 31.7. The van der Waals surface area contributed by atoms with Crippen molar-refractivity contribution in [3.05, 3.63) is 312 Å². The Morgan fingerprint density at radius 1 is 0.300 bits per heavy atom. The summed E-state index contributed by atoms with van der Waals surface area (Å²) in [5.74, 6) is 0. The average Bonchev–Trinajstić information content (AvgIpc) is 0.733. The molecular weight excluding hydrogens is 1210 g/mol. The van der Waals surface area contributed by atoms with Gasteiger partial charge in [0.05, 0.1) is 22.4 Å². The molecule has 100 heavy (non-hydrogen) atoms. The first-order chi connectivity index (χ1) is 50.4. The van der Waals surface area contributed by atoms with Crippen molar-refractivity contribution in [1.82, 2.24) is 4.57 Å². The number of nitrogens with zero attached hydrogens (tertiary/aromatic N) is 3. The molecule has 0 aliphatic carbocycles. The molecule has 0 saturated heterocycles. The number of para-hydroxylation sites is 2. The lowest BCUT2D eigenvalue weighted by molar-refractivity contribution is 0.570. The summed E-state index contributed by atoms with van der Waals surface area (Å²) in [5.41, 5.74) is 27.1. The fourth-order valence-electron chi connectivity index (χ4n) is 15.9. The minimum Gasteiger partial charge on any atom is -0.310 e. The van der Waals surface area contributed by atoms with E-state index in [1.807, 2.05) is 6.07 Å². The Labute approximate surface area is 601 Å². The van der Waals surface area contributed by atoms with E-state index in [2.05, 4.69) is 352 Å². The molecule has 0 radical (unpaired) electrons. The molecule has 4 heteroatoms. The van der Waals surface area contributed by atoms with Crippen molar-refractivity contribution >= 4 is 79.0 Å². The first-order valence-electron chi connectivity index (χ1n) is 38.3. The van der Waals surface area contributed by atoms with Crippen LogP contribution < -0.4 is 26.2 Å². The molecule has 1 aromatic heterocycles. The van der Waals surface area contributed by atoms with Crippen LogP contribution in [0.2, 0.25) is 0 Å². The van der Waals surface area contributed by atoms with Crippen LogP contribution >= 0.6 is 0 Å². The quantitative estimate of drug-likeness (QED) is 0.133. The van der Waals surface area contributed by atoms with Crippen molar-refractivity contribution in [2.45, 2.75) is 118 Å². The Kier molecular flexibility index (Phi) is 13.8. The van der Waals surface area contributed by atoms with Crippen molar-refractivity contribution in [3.63, 3.8) is 0 Å². The predicted octanol–water partition coefficient (Wildman–Crippen LogP) is 24.7. The molecule has 3 heterocycles. The standard InChI is InChI=1S/C96H88BN3/c1-61-30-27-31-62(2)89(61)67-44-50-81-85(54-67)99(91-74(63-32-19-15-20-33-63)40-28-41-75(91)64-34-21-16-22-35-64)87-55-68(73-49-45-71(95(9,10)11)59-80(73)96(12,13)14)56-88-90(87)97(81)82-51-48-72(98-83-52-46-69(93(3,4)5)57-78(83)79-58-70(94(6,7)8)47-53-84(79)98)60-86(82)100(88)92-76(65-36-23-17-24-37-65)42-29-43-77(92)66-38-25-18-26-39-66/h15-60H,1-14H3/i1D3,2D3. The summed E-state index contributed by atoms with van der Waals surface area (Å²) >= 11 is 0. The number of aryl methyl sites for hydroxylation is 2. The number of hydrogen-bond acceptors (Lipinski definition) is 2. The van der Waals surface area contributed by atoms with E-state index in [1.165, 1.54) is 33.0 Å². The third kappa shape index (κ3) is 10.9. The summed E-state index contributed by atoms with van der Waals surface area (Å²) < 4.78 is 57.4. The summed E-state index contributed by atoms with van der Waals surface area (Å²) in [6.45, 7) is 21.8. The molecule has 16 rings (SSSR count). The van der Waals surface area contributed by atoms with Gasteiger partial charge in [0.1, 0.15) is 0 Å². The van der Waals surface area contributed by atoms with Crippen molar-refractivity contribution in [1.29, 1.82) is 0 Å². The van der Waals surface area contributed by atoms with Crippen molar-refractivity contribution in [2.24, 2.45) is 0 Å². The third-order valence-electron chi connectivity index (χ3n) is 21.0. The van der Waals surface area contributed by atoms with Gasteiger partial charge in [-0.1, -0.05) is 308 Å². The highest BCUT2D eigenvalue weighted by molar-refractivity contribution is 7.00. The zero-order valence-electron chi connectivity index (χ0n) is 65.5. The first kappa shape index (κ1) is 57.3. The molecule has 13 aromatic carbocycles. The van der Waals surface area contributed by atoms with E-state index >= 15 is 0 Å². The van der Waals surface area contributed by atoms with Crippen LogP contribution in [0.5, 0.6) is 0 Å². The summed E-state index contributed by atoms with van der Waals surface area (Å²) in [5, 5.41) is 2.39. The number of benzene rings is 13. The van der Waals surface area contributed by atoms with E-state index < -0.39 is 20.4 Å². The number of aromatic nitrogens is 1. The smallest absolute Gasteiger partial charge is 0.252 e. The normalized spacial score (nSPS) is 14.2. The molecule has 0 spiro atoms. The molecule has 3 nitrogen and oxygen atoms in total. The Balaban J connectivity index is 1.13. The molecular formula is C96H88BN3. The summed E-state index contributed by atoms with van der Waals surface area (Å²) in [4.78, 5) is 5.07. The largest absolute Gasteiger partial charge is 0.310 e. The predicted molar refractivity (Wildman–Crippen MR) is 432 cm³/mol. The molecule has 0 N–H and O–H groups in total. The molecule has 0 saturated carbocycles. The van der Waals surface area contributed by atoms with Crippen LogP contribution in [0, 0.1) is 13.7 Å². The molecule has 490 valence electrons. The van der Waals surface area contributed by atoms with Crippen LogP contribution in [0.4, 0.5) is 34.1 Å². The van der Waals surface area contributed by atoms with Crippen molar-refractivity contribution in [2.75, 3.05) is 9.80 Å². The topological polar surface area (TPSA) is 11.4 Å². The van der Waals surface area contributed by atoms with Crippen LogP contribution in [0.15, 0.2) is 279 Å². The Morgan fingerprint density at radius 2 is 0.690 bits per heavy atom. The minimum atomic E-state index is -2.67. The van der Waals surface area contributed by atoms with E-state index in [0.29, 0.717) is 5.56 Å². The first-order valence-corrected chi connectivity index (χ1v) is 35.3. The highest BCUT2D eigenvalue weighted by atomic mass is 15.2. The van der Waals surface area contributed by atoms with Crippen LogP contribution in [-0.2, 0) is 21.7 Å². The lowest BCUT2D eigenvalue weighted by atomic mass is 9.33. The highest BCUT2D eigenvalue weighted by Crippen LogP contribution is 2.55. The molecule has 14 aromatic rings. The van der Waals surface area contributed by atoms with Crippen molar-refractivity contribution < 1.29 is 8.22 Å². The number of rotatable bonds is 9. The summed E-state index contributed by atoms with van der Waals surface area (Å²) in [7, 11) is 0. The van der Waals surface area contributed by atoms with E-state index in [0.717, 1.165) is 123 Å². The second-order valence-corrected chi connectivity index (χ2v) is 31.7. The number of hydrogen-bond donors (Lipinski definition) is 0. The van der Waals surface area contributed by atoms with Gasteiger partial charge in [0.2, 0.25) is 0 Å². The molecule has 0 atom stereocenters. The van der Waals surface area contributed by atoms with Gasteiger partial charge in [0.25, 0.3) is 6.71 Å². The molecule has 2 aliphatic rings. The molecule has 0 unspecified atom stereocenters. The van der Waals surface area contributed by atoms with E-state index in [1.54, 1.807) is 18.2 Å². The van der Waals surface area contributed by atoms with Gasteiger partial charge in [-0.2, -0.15) is 0 Å². The summed E-state index contributed by atoms with van der Waals surface area (Å²) in [6, 6.07) is 100. The fraction of sp³-hybridized carbons (Fsp3) is 0.188. The van der Waals surface area contributed by atoms with Gasteiger partial charge in [-0.25, -0.2) is 0 Å². The zero-order chi connectivity index (χ0) is 74.3. The van der Waals surface area contributed by atoms with Gasteiger partial charge in [0, 0.05) is 69.7 Å². The van der Waals surface area contributed by atoms with Crippen LogP contribution in [0.25, 0.3) is 94.3 Å².